The van der Waals surface area contributed by atoms with Gasteiger partial charge in [0.1, 0.15) is 0 Å². The van der Waals surface area contributed by atoms with Crippen molar-refractivity contribution >= 4 is 5.91 Å². The highest BCUT2D eigenvalue weighted by Crippen LogP contribution is 2.30. The van der Waals surface area contributed by atoms with Crippen molar-refractivity contribution in [3.8, 4) is 0 Å². The third-order valence-corrected chi connectivity index (χ3v) is 3.87. The fraction of sp³-hybridized carbons (Fsp3) is 0.562. The number of hydrogen-bond donors (Lipinski definition) is 1. The van der Waals surface area contributed by atoms with Gasteiger partial charge in [0.2, 0.25) is 0 Å². The summed E-state index contributed by atoms with van der Waals surface area (Å²) in [6.45, 7) is 2.15. The summed E-state index contributed by atoms with van der Waals surface area (Å²) >= 11 is 0. The van der Waals surface area contributed by atoms with Crippen molar-refractivity contribution in [3.05, 3.63) is 35.4 Å². The molecule has 4 nitrogen and oxygen atoms in total. The van der Waals surface area contributed by atoms with Crippen molar-refractivity contribution in [1.29, 1.82) is 0 Å². The molecule has 2 rings (SSSR count). The number of amides is 1. The van der Waals surface area contributed by atoms with E-state index in [0.29, 0.717) is 39.1 Å². The van der Waals surface area contributed by atoms with Gasteiger partial charge in [-0.2, -0.15) is 13.2 Å². The van der Waals surface area contributed by atoms with E-state index in [-0.39, 0.29) is 17.6 Å². The van der Waals surface area contributed by atoms with E-state index in [9.17, 15) is 18.0 Å². The standard InChI is InChI=1S/C16H21F3N2O2/c17-16(18,19)13-4-1-3-12(11-13)15(22)21-8-5-14(6-9-21)23-10-2-7-20/h1,3-4,11,14H,2,5-10,20H2. The summed E-state index contributed by atoms with van der Waals surface area (Å²) in [6.07, 6.45) is -2.18. The van der Waals surface area contributed by atoms with Crippen LogP contribution in [0, 0.1) is 0 Å². The number of alkyl halides is 3. The van der Waals surface area contributed by atoms with Gasteiger partial charge in [-0.3, -0.25) is 4.79 Å². The van der Waals surface area contributed by atoms with E-state index in [1.165, 1.54) is 12.1 Å². The Bertz CT molecular complexity index is 526. The van der Waals surface area contributed by atoms with E-state index in [2.05, 4.69) is 0 Å². The Hall–Kier alpha value is -1.60. The Balaban J connectivity index is 1.92. The van der Waals surface area contributed by atoms with Crippen molar-refractivity contribution < 1.29 is 22.7 Å². The third kappa shape index (κ3) is 4.94. The summed E-state index contributed by atoms with van der Waals surface area (Å²) in [4.78, 5) is 13.9. The number of carbonyl (C=O) groups is 1. The molecule has 1 aliphatic heterocycles. The van der Waals surface area contributed by atoms with Crippen molar-refractivity contribution in [3.63, 3.8) is 0 Å². The van der Waals surface area contributed by atoms with Crippen molar-refractivity contribution in [2.24, 2.45) is 5.73 Å². The van der Waals surface area contributed by atoms with Crippen LogP contribution in [0.2, 0.25) is 0 Å². The second-order valence-electron chi connectivity index (χ2n) is 5.58. The maximum Gasteiger partial charge on any atom is 0.416 e. The lowest BCUT2D eigenvalue weighted by atomic mass is 10.0. The summed E-state index contributed by atoms with van der Waals surface area (Å²) < 4.78 is 43.8. The lowest BCUT2D eigenvalue weighted by molar-refractivity contribution is -0.137. The Morgan fingerprint density at radius 1 is 1.30 bits per heavy atom. The average molecular weight is 330 g/mol. The highest BCUT2D eigenvalue weighted by molar-refractivity contribution is 5.94. The Morgan fingerprint density at radius 2 is 2.00 bits per heavy atom. The molecule has 0 unspecified atom stereocenters. The molecule has 0 aromatic heterocycles. The Morgan fingerprint density at radius 3 is 2.61 bits per heavy atom. The molecule has 128 valence electrons. The SMILES string of the molecule is NCCCOC1CCN(C(=O)c2cccc(C(F)(F)F)c2)CC1. The largest absolute Gasteiger partial charge is 0.416 e. The number of nitrogens with zero attached hydrogens (tertiary/aromatic N) is 1. The molecule has 1 aromatic rings. The quantitative estimate of drug-likeness (QED) is 0.845. The van der Waals surface area contributed by atoms with Crippen LogP contribution in [0.15, 0.2) is 24.3 Å². The number of piperidine rings is 1. The maximum atomic E-state index is 12.7. The van der Waals surface area contributed by atoms with E-state index in [4.69, 9.17) is 10.5 Å². The molecule has 0 atom stereocenters. The number of carbonyl (C=O) groups excluding carboxylic acids is 1. The van der Waals surface area contributed by atoms with E-state index < -0.39 is 11.7 Å². The summed E-state index contributed by atoms with van der Waals surface area (Å²) in [7, 11) is 0. The summed E-state index contributed by atoms with van der Waals surface area (Å²) in [5, 5.41) is 0. The first kappa shape index (κ1) is 17.7. The molecule has 7 heteroatoms. The first-order valence-corrected chi connectivity index (χ1v) is 7.70. The van der Waals surface area contributed by atoms with Gasteiger partial charge in [-0.1, -0.05) is 6.07 Å². The van der Waals surface area contributed by atoms with E-state index in [0.717, 1.165) is 18.6 Å². The number of ether oxygens (including phenoxy) is 1. The number of halogens is 3. The van der Waals surface area contributed by atoms with Crippen LogP contribution in [0.25, 0.3) is 0 Å². The van der Waals surface area contributed by atoms with Gasteiger partial charge in [0.05, 0.1) is 11.7 Å². The lowest BCUT2D eigenvalue weighted by Crippen LogP contribution is -2.41. The molecule has 0 bridgehead atoms. The van der Waals surface area contributed by atoms with Gasteiger partial charge in [0.25, 0.3) is 5.91 Å². The van der Waals surface area contributed by atoms with Crippen LogP contribution in [0.1, 0.15) is 35.2 Å². The first-order chi connectivity index (χ1) is 10.9. The fourth-order valence-corrected chi connectivity index (χ4v) is 2.57. The smallest absolute Gasteiger partial charge is 0.378 e. The lowest BCUT2D eigenvalue weighted by Gasteiger charge is -2.32. The molecule has 0 spiro atoms. The van der Waals surface area contributed by atoms with E-state index in [1.54, 1.807) is 4.90 Å². The zero-order valence-corrected chi connectivity index (χ0v) is 12.8. The third-order valence-electron chi connectivity index (χ3n) is 3.87. The molecule has 2 N–H and O–H groups in total. The molecular formula is C16H21F3N2O2. The number of benzene rings is 1. The van der Waals surface area contributed by atoms with Crippen LogP contribution in [-0.4, -0.2) is 43.2 Å². The van der Waals surface area contributed by atoms with Crippen molar-refractivity contribution in [2.75, 3.05) is 26.2 Å². The number of nitrogens with two attached hydrogens (primary N) is 1. The van der Waals surface area contributed by atoms with E-state index in [1.807, 2.05) is 0 Å². The summed E-state index contributed by atoms with van der Waals surface area (Å²) in [5.74, 6) is -0.364. The zero-order chi connectivity index (χ0) is 16.9. The van der Waals surface area contributed by atoms with Gasteiger partial charge >= 0.3 is 6.18 Å². The van der Waals surface area contributed by atoms with Crippen molar-refractivity contribution in [2.45, 2.75) is 31.5 Å². The van der Waals surface area contributed by atoms with Gasteiger partial charge in [-0.25, -0.2) is 0 Å². The van der Waals surface area contributed by atoms with Crippen LogP contribution < -0.4 is 5.73 Å². The maximum absolute atomic E-state index is 12.7. The minimum Gasteiger partial charge on any atom is -0.378 e. The highest BCUT2D eigenvalue weighted by atomic mass is 19.4. The minimum absolute atomic E-state index is 0.0716. The molecule has 1 fully saturated rings. The average Bonchev–Trinajstić information content (AvgIpc) is 2.54. The topological polar surface area (TPSA) is 55.6 Å². The Labute approximate surface area is 133 Å². The molecule has 1 saturated heterocycles. The van der Waals surface area contributed by atoms with Gasteiger partial charge in [0.15, 0.2) is 0 Å². The van der Waals surface area contributed by atoms with E-state index >= 15 is 0 Å². The molecule has 0 saturated carbocycles. The van der Waals surface area contributed by atoms with Crippen LogP contribution in [0.5, 0.6) is 0 Å². The monoisotopic (exact) mass is 330 g/mol. The minimum atomic E-state index is -4.44. The van der Waals surface area contributed by atoms with Crippen LogP contribution in [-0.2, 0) is 10.9 Å². The summed E-state index contributed by atoms with van der Waals surface area (Å²) in [6, 6.07) is 4.56. The number of likely N-dealkylation sites (tertiary alicyclic amines) is 1. The second-order valence-corrected chi connectivity index (χ2v) is 5.58. The molecular weight excluding hydrogens is 309 g/mol. The summed E-state index contributed by atoms with van der Waals surface area (Å²) in [5.41, 5.74) is 4.67. The molecule has 1 aromatic carbocycles. The van der Waals surface area contributed by atoms with Crippen LogP contribution >= 0.6 is 0 Å². The van der Waals surface area contributed by atoms with Gasteiger partial charge in [-0.15, -0.1) is 0 Å². The van der Waals surface area contributed by atoms with Gasteiger partial charge < -0.3 is 15.4 Å². The van der Waals surface area contributed by atoms with Gasteiger partial charge in [0, 0.05) is 25.3 Å². The van der Waals surface area contributed by atoms with Crippen LogP contribution in [0.3, 0.4) is 0 Å². The number of rotatable bonds is 5. The zero-order valence-electron chi connectivity index (χ0n) is 12.8. The first-order valence-electron chi connectivity index (χ1n) is 7.70. The Kier molecular flexibility index (Phi) is 6.01. The predicted octanol–water partition coefficient (Wildman–Crippen LogP) is 2.68. The molecule has 23 heavy (non-hydrogen) atoms. The van der Waals surface area contributed by atoms with Gasteiger partial charge in [-0.05, 0) is 44.0 Å². The predicted molar refractivity (Wildman–Crippen MR) is 80.0 cm³/mol. The van der Waals surface area contributed by atoms with Crippen LogP contribution in [0.4, 0.5) is 13.2 Å². The highest BCUT2D eigenvalue weighted by Gasteiger charge is 2.31. The molecule has 1 aliphatic rings. The van der Waals surface area contributed by atoms with Crippen molar-refractivity contribution in [1.82, 2.24) is 4.90 Å². The fourth-order valence-electron chi connectivity index (χ4n) is 2.57. The number of hydrogen-bond acceptors (Lipinski definition) is 3. The normalized spacial score (nSPS) is 16.6. The molecule has 0 radical (unpaired) electrons. The molecule has 1 heterocycles. The molecule has 0 aliphatic carbocycles. The second kappa shape index (κ2) is 7.79. The molecule has 1 amide bonds.